The minimum Gasteiger partial charge on any atom is -0.324 e. The van der Waals surface area contributed by atoms with Gasteiger partial charge in [0.2, 0.25) is 15.9 Å². The summed E-state index contributed by atoms with van der Waals surface area (Å²) >= 11 is 0. The maximum atomic E-state index is 14.9. The predicted molar refractivity (Wildman–Crippen MR) is 152 cm³/mol. The number of halogens is 4. The summed E-state index contributed by atoms with van der Waals surface area (Å²) in [4.78, 5) is 17.1. The summed E-state index contributed by atoms with van der Waals surface area (Å²) in [6.07, 6.45) is 3.78. The molecule has 0 unspecified atom stereocenters. The number of carbonyl (C=O) groups excluding carboxylic acids is 1. The minimum absolute atomic E-state index is 0.0693. The highest BCUT2D eigenvalue weighted by Gasteiger charge is 2.31. The van der Waals surface area contributed by atoms with Crippen LogP contribution >= 0.6 is 0 Å². The fraction of sp³-hybridized carbons (Fsp3) is 0.400. The molecule has 0 saturated carbocycles. The fourth-order valence-electron chi connectivity index (χ4n) is 5.35. The van der Waals surface area contributed by atoms with Crippen LogP contribution in [-0.4, -0.2) is 55.0 Å². The Morgan fingerprint density at radius 3 is 2.45 bits per heavy atom. The zero-order chi connectivity index (χ0) is 30.3. The molecule has 0 spiro atoms. The molecule has 12 heteroatoms. The van der Waals surface area contributed by atoms with Crippen molar-refractivity contribution in [3.63, 3.8) is 0 Å². The fourth-order valence-corrected chi connectivity index (χ4v) is 7.11. The maximum absolute atomic E-state index is 14.9. The van der Waals surface area contributed by atoms with Gasteiger partial charge >= 0.3 is 0 Å². The van der Waals surface area contributed by atoms with Crippen LogP contribution in [0.5, 0.6) is 0 Å². The number of sulfonamides is 1. The quantitative estimate of drug-likeness (QED) is 0.279. The standard InChI is InChI=1S/C30H34F4N4O3S/c1-2-12-42(40,41)38-11-10-35-17-25(38)4-3-5-26-28(34)18-36-19-29(26)37-30(39)16-27(20-6-8-22(31)9-7-20)21-13-23(32)15-24(33)14-21/h6-9,13-15,18-19,25,27,35H,2-5,10-12,16-17H2,1H3,(H,37,39)/t25-,27-/m0/s1. The first-order chi connectivity index (χ1) is 20.1. The van der Waals surface area contributed by atoms with Gasteiger partial charge in [-0.2, -0.15) is 4.31 Å². The Morgan fingerprint density at radius 2 is 1.76 bits per heavy atom. The Bertz CT molecular complexity index is 1470. The number of carbonyl (C=O) groups is 1. The number of piperazine rings is 1. The molecule has 1 aliphatic heterocycles. The number of nitrogens with one attached hydrogen (secondary N) is 2. The second-order valence-electron chi connectivity index (χ2n) is 10.4. The molecule has 0 bridgehead atoms. The maximum Gasteiger partial charge on any atom is 0.225 e. The van der Waals surface area contributed by atoms with Crippen molar-refractivity contribution in [3.8, 4) is 0 Å². The van der Waals surface area contributed by atoms with Crippen LogP contribution in [0, 0.1) is 23.3 Å². The minimum atomic E-state index is -3.39. The van der Waals surface area contributed by atoms with Crippen LogP contribution < -0.4 is 10.6 Å². The van der Waals surface area contributed by atoms with Gasteiger partial charge in [0.15, 0.2) is 0 Å². The topological polar surface area (TPSA) is 91.4 Å². The summed E-state index contributed by atoms with van der Waals surface area (Å²) in [6.45, 7) is 3.25. The monoisotopic (exact) mass is 606 g/mol. The molecule has 1 aromatic heterocycles. The Kier molecular flexibility index (Phi) is 10.7. The van der Waals surface area contributed by atoms with Gasteiger partial charge < -0.3 is 10.6 Å². The number of benzene rings is 2. The summed E-state index contributed by atoms with van der Waals surface area (Å²) in [5, 5.41) is 5.90. The molecule has 42 heavy (non-hydrogen) atoms. The lowest BCUT2D eigenvalue weighted by Gasteiger charge is -2.35. The summed E-state index contributed by atoms with van der Waals surface area (Å²) in [5.41, 5.74) is 1.04. The molecule has 0 radical (unpaired) electrons. The highest BCUT2D eigenvalue weighted by Crippen LogP contribution is 2.31. The SMILES string of the molecule is CCCS(=O)(=O)N1CCNC[C@@H]1CCCc1c(F)cncc1NC(=O)C[C@@H](c1ccc(F)cc1)c1cc(F)cc(F)c1. The number of pyridine rings is 1. The molecule has 2 atom stereocenters. The van der Waals surface area contributed by atoms with Crippen molar-refractivity contribution >= 4 is 21.6 Å². The molecule has 7 nitrogen and oxygen atoms in total. The lowest BCUT2D eigenvalue weighted by molar-refractivity contribution is -0.116. The van der Waals surface area contributed by atoms with Gasteiger partial charge in [0.1, 0.15) is 23.3 Å². The smallest absolute Gasteiger partial charge is 0.225 e. The first-order valence-corrected chi connectivity index (χ1v) is 15.5. The van der Waals surface area contributed by atoms with Gasteiger partial charge in [0.05, 0.1) is 23.8 Å². The lowest BCUT2D eigenvalue weighted by atomic mass is 9.88. The third-order valence-electron chi connectivity index (χ3n) is 7.31. The summed E-state index contributed by atoms with van der Waals surface area (Å²) < 4.78 is 83.5. The lowest BCUT2D eigenvalue weighted by Crippen LogP contribution is -2.54. The van der Waals surface area contributed by atoms with Crippen molar-refractivity contribution in [2.45, 2.75) is 51.0 Å². The van der Waals surface area contributed by atoms with Crippen molar-refractivity contribution in [2.75, 3.05) is 30.7 Å². The van der Waals surface area contributed by atoms with E-state index >= 15 is 0 Å². The van der Waals surface area contributed by atoms with Crippen LogP contribution in [0.3, 0.4) is 0 Å². The molecule has 3 aromatic rings. The molecule has 2 N–H and O–H groups in total. The average Bonchev–Trinajstić information content (AvgIpc) is 2.93. The normalized spacial score (nSPS) is 16.7. The van der Waals surface area contributed by atoms with E-state index in [1.54, 1.807) is 0 Å². The Morgan fingerprint density at radius 1 is 1.05 bits per heavy atom. The Labute approximate surface area is 243 Å². The van der Waals surface area contributed by atoms with Gasteiger partial charge in [-0.3, -0.25) is 9.78 Å². The number of hydrogen-bond acceptors (Lipinski definition) is 5. The number of hydrogen-bond donors (Lipinski definition) is 2. The van der Waals surface area contributed by atoms with Crippen LogP contribution in [0.15, 0.2) is 54.9 Å². The van der Waals surface area contributed by atoms with Gasteiger partial charge in [-0.1, -0.05) is 19.1 Å². The van der Waals surface area contributed by atoms with E-state index in [-0.39, 0.29) is 41.5 Å². The number of aromatic nitrogens is 1. The number of amides is 1. The average molecular weight is 607 g/mol. The second kappa shape index (κ2) is 14.2. The largest absolute Gasteiger partial charge is 0.324 e. The predicted octanol–water partition coefficient (Wildman–Crippen LogP) is 5.14. The van der Waals surface area contributed by atoms with Crippen LogP contribution in [0.4, 0.5) is 23.2 Å². The van der Waals surface area contributed by atoms with E-state index < -0.39 is 45.1 Å². The molecule has 0 aliphatic carbocycles. The van der Waals surface area contributed by atoms with E-state index in [1.165, 1.54) is 34.8 Å². The van der Waals surface area contributed by atoms with Crippen molar-refractivity contribution in [1.29, 1.82) is 0 Å². The van der Waals surface area contributed by atoms with Crippen molar-refractivity contribution in [3.05, 3.63) is 94.8 Å². The molecular formula is C30H34F4N4O3S. The third kappa shape index (κ3) is 8.14. The van der Waals surface area contributed by atoms with Crippen LogP contribution in [-0.2, 0) is 21.2 Å². The molecule has 1 amide bonds. The van der Waals surface area contributed by atoms with Gasteiger partial charge in [0.25, 0.3) is 0 Å². The number of nitrogens with zero attached hydrogens (tertiary/aromatic N) is 2. The second-order valence-corrected chi connectivity index (χ2v) is 12.4. The van der Waals surface area contributed by atoms with Crippen LogP contribution in [0.25, 0.3) is 0 Å². The van der Waals surface area contributed by atoms with Crippen molar-refractivity contribution in [2.24, 2.45) is 0 Å². The van der Waals surface area contributed by atoms with Crippen molar-refractivity contribution < 1.29 is 30.8 Å². The highest BCUT2D eigenvalue weighted by atomic mass is 32.2. The summed E-state index contributed by atoms with van der Waals surface area (Å²) in [5.74, 6) is -4.05. The first-order valence-electron chi connectivity index (χ1n) is 13.9. The van der Waals surface area contributed by atoms with E-state index in [2.05, 4.69) is 15.6 Å². The Hall–Kier alpha value is -3.35. The summed E-state index contributed by atoms with van der Waals surface area (Å²) in [6, 6.07) is 7.96. The molecule has 2 heterocycles. The van der Waals surface area contributed by atoms with Crippen LogP contribution in [0.1, 0.15) is 55.2 Å². The van der Waals surface area contributed by atoms with Gasteiger partial charge in [-0.05, 0) is 61.1 Å². The molecule has 2 aromatic carbocycles. The van der Waals surface area contributed by atoms with Gasteiger partial charge in [-0.25, -0.2) is 26.0 Å². The molecule has 1 aliphatic rings. The van der Waals surface area contributed by atoms with Crippen LogP contribution in [0.2, 0.25) is 0 Å². The van der Waals surface area contributed by atoms with E-state index in [1.807, 2.05) is 6.92 Å². The van der Waals surface area contributed by atoms with Gasteiger partial charge in [0, 0.05) is 49.6 Å². The van der Waals surface area contributed by atoms with E-state index in [4.69, 9.17) is 0 Å². The highest BCUT2D eigenvalue weighted by molar-refractivity contribution is 7.89. The molecule has 1 fully saturated rings. The Balaban J connectivity index is 1.48. The molecule has 226 valence electrons. The first kappa shape index (κ1) is 31.6. The third-order valence-corrected chi connectivity index (χ3v) is 9.43. The van der Waals surface area contributed by atoms with E-state index in [9.17, 15) is 30.8 Å². The zero-order valence-electron chi connectivity index (χ0n) is 23.3. The molecular weight excluding hydrogens is 572 g/mol. The summed E-state index contributed by atoms with van der Waals surface area (Å²) in [7, 11) is -3.39. The molecule has 4 rings (SSSR count). The number of anilines is 1. The van der Waals surface area contributed by atoms with E-state index in [0.717, 1.165) is 24.4 Å². The zero-order valence-corrected chi connectivity index (χ0v) is 24.1. The van der Waals surface area contributed by atoms with E-state index in [0.29, 0.717) is 44.5 Å². The van der Waals surface area contributed by atoms with Gasteiger partial charge in [-0.15, -0.1) is 0 Å². The molecule has 1 saturated heterocycles. The van der Waals surface area contributed by atoms with Crippen molar-refractivity contribution in [1.82, 2.24) is 14.6 Å². The number of rotatable bonds is 12.